The molecule has 2 N–H and O–H groups in total. The molecule has 0 saturated heterocycles. The van der Waals surface area contributed by atoms with E-state index in [2.05, 4.69) is 15.6 Å². The first-order valence-electron chi connectivity index (χ1n) is 8.71. The molecular weight excluding hydrogens is 369 g/mol. The highest BCUT2D eigenvalue weighted by atomic mass is 32.1. The summed E-state index contributed by atoms with van der Waals surface area (Å²) in [6.07, 6.45) is 1.12. The Bertz CT molecular complexity index is 1040. The van der Waals surface area contributed by atoms with E-state index in [1.54, 1.807) is 6.07 Å². The Morgan fingerprint density at radius 3 is 2.93 bits per heavy atom. The topological polar surface area (TPSA) is 80.3 Å². The molecule has 1 aliphatic carbocycles. The van der Waals surface area contributed by atoms with E-state index >= 15 is 0 Å². The van der Waals surface area contributed by atoms with E-state index in [1.165, 1.54) is 30.5 Å². The molecule has 6 nitrogen and oxygen atoms in total. The van der Waals surface area contributed by atoms with Crippen molar-refractivity contribution >= 4 is 49.5 Å². The highest BCUT2D eigenvalue weighted by Gasteiger charge is 2.32. The number of anilines is 1. The van der Waals surface area contributed by atoms with Crippen LogP contribution in [0.2, 0.25) is 0 Å². The summed E-state index contributed by atoms with van der Waals surface area (Å²) in [7, 11) is 1.51. The molecule has 1 aromatic heterocycles. The summed E-state index contributed by atoms with van der Waals surface area (Å²) in [5.74, 6) is -0.612. The van der Waals surface area contributed by atoms with Crippen LogP contribution in [0.15, 0.2) is 30.3 Å². The molecule has 0 radical (unpaired) electrons. The number of rotatable bonds is 3. The number of amides is 2. The number of alkyl carbamates (subject to hydrolysis) is 1. The van der Waals surface area contributed by atoms with Crippen LogP contribution in [0, 0.1) is 11.7 Å². The number of benzene rings is 2. The number of carbonyl (C=O) groups is 2. The molecule has 1 aliphatic rings. The molecule has 27 heavy (non-hydrogen) atoms. The average molecular weight is 387 g/mol. The molecule has 1 saturated carbocycles. The quantitative estimate of drug-likeness (QED) is 0.710. The number of aromatic nitrogens is 1. The van der Waals surface area contributed by atoms with E-state index in [-0.39, 0.29) is 23.7 Å². The lowest BCUT2D eigenvalue weighted by molar-refractivity contribution is -0.119. The smallest absolute Gasteiger partial charge is 0.407 e. The van der Waals surface area contributed by atoms with Gasteiger partial charge in [0, 0.05) is 18.4 Å². The summed E-state index contributed by atoms with van der Waals surface area (Å²) in [6, 6.07) is 8.28. The first kappa shape index (κ1) is 17.7. The van der Waals surface area contributed by atoms with Gasteiger partial charge in [-0.05, 0) is 48.9 Å². The van der Waals surface area contributed by atoms with E-state index in [4.69, 9.17) is 4.74 Å². The fraction of sp³-hybridized carbons (Fsp3) is 0.316. The summed E-state index contributed by atoms with van der Waals surface area (Å²) in [5.41, 5.74) is 0.765. The Morgan fingerprint density at radius 2 is 2.11 bits per heavy atom. The van der Waals surface area contributed by atoms with Gasteiger partial charge in [0.05, 0.1) is 10.2 Å². The van der Waals surface area contributed by atoms with E-state index in [0.29, 0.717) is 24.4 Å². The standard InChI is InChI=1S/C19H18FN3O3S/c1-21-19(25)26-13-5-2-11(9-13)17(24)23-18-22-15-7-3-10-8-12(20)4-6-14(10)16(15)27-18/h3-4,6-8,11,13H,2,5,9H2,1H3,(H,21,25)(H,22,23,24)/t11-,13+/m0/s1. The first-order valence-corrected chi connectivity index (χ1v) is 9.53. The van der Waals surface area contributed by atoms with E-state index in [9.17, 15) is 14.0 Å². The third kappa shape index (κ3) is 3.57. The summed E-state index contributed by atoms with van der Waals surface area (Å²) in [5, 5.41) is 7.52. The minimum Gasteiger partial charge on any atom is -0.446 e. The normalized spacial score (nSPS) is 19.3. The van der Waals surface area contributed by atoms with E-state index < -0.39 is 6.09 Å². The van der Waals surface area contributed by atoms with Gasteiger partial charge < -0.3 is 15.4 Å². The van der Waals surface area contributed by atoms with Crippen molar-refractivity contribution in [2.45, 2.75) is 25.4 Å². The molecule has 4 rings (SSSR count). The Labute approximate surface area is 158 Å². The largest absolute Gasteiger partial charge is 0.446 e. The molecular formula is C19H18FN3O3S. The van der Waals surface area contributed by atoms with Gasteiger partial charge in [-0.3, -0.25) is 4.79 Å². The molecule has 2 amide bonds. The number of fused-ring (bicyclic) bond motifs is 3. The van der Waals surface area contributed by atoms with Gasteiger partial charge >= 0.3 is 6.09 Å². The fourth-order valence-corrected chi connectivity index (χ4v) is 4.44. The Kier molecular flexibility index (Phi) is 4.65. The zero-order valence-corrected chi connectivity index (χ0v) is 15.4. The molecule has 1 heterocycles. The molecule has 0 aliphatic heterocycles. The highest BCUT2D eigenvalue weighted by Crippen LogP contribution is 2.34. The molecule has 2 atom stereocenters. The Hall–Kier alpha value is -2.74. The molecule has 1 fully saturated rings. The van der Waals surface area contributed by atoms with Crippen LogP contribution in [-0.4, -0.2) is 30.1 Å². The number of nitrogens with zero attached hydrogens (tertiary/aromatic N) is 1. The van der Waals surface area contributed by atoms with Crippen LogP contribution in [0.5, 0.6) is 0 Å². The number of nitrogens with one attached hydrogen (secondary N) is 2. The molecule has 3 aromatic rings. The molecule has 140 valence electrons. The fourth-order valence-electron chi connectivity index (χ4n) is 3.44. The summed E-state index contributed by atoms with van der Waals surface area (Å²) < 4.78 is 19.6. The third-order valence-corrected chi connectivity index (χ3v) is 5.82. The van der Waals surface area contributed by atoms with Gasteiger partial charge in [0.15, 0.2) is 5.13 Å². The van der Waals surface area contributed by atoms with Crippen molar-refractivity contribution in [3.05, 3.63) is 36.1 Å². The maximum atomic E-state index is 13.4. The second-order valence-corrected chi connectivity index (χ2v) is 7.57. The Balaban J connectivity index is 1.49. The van der Waals surface area contributed by atoms with Gasteiger partial charge in [-0.2, -0.15) is 0 Å². The predicted molar refractivity (Wildman–Crippen MR) is 102 cm³/mol. The molecule has 0 bridgehead atoms. The van der Waals surface area contributed by atoms with Crippen molar-refractivity contribution in [3.63, 3.8) is 0 Å². The second kappa shape index (κ2) is 7.11. The van der Waals surface area contributed by atoms with Gasteiger partial charge in [-0.1, -0.05) is 17.4 Å². The van der Waals surface area contributed by atoms with E-state index in [1.807, 2.05) is 12.1 Å². The Morgan fingerprint density at radius 1 is 1.26 bits per heavy atom. The number of hydrogen-bond donors (Lipinski definition) is 2. The van der Waals surface area contributed by atoms with Crippen LogP contribution in [-0.2, 0) is 9.53 Å². The minimum atomic E-state index is -0.476. The van der Waals surface area contributed by atoms with Gasteiger partial charge in [-0.15, -0.1) is 0 Å². The van der Waals surface area contributed by atoms with Gasteiger partial charge in [0.1, 0.15) is 11.9 Å². The summed E-state index contributed by atoms with van der Waals surface area (Å²) >= 11 is 1.37. The van der Waals surface area contributed by atoms with Crippen LogP contribution in [0.25, 0.3) is 21.0 Å². The van der Waals surface area contributed by atoms with Crippen molar-refractivity contribution in [2.75, 3.05) is 12.4 Å². The van der Waals surface area contributed by atoms with Gasteiger partial charge in [-0.25, -0.2) is 14.2 Å². The summed E-state index contributed by atoms with van der Waals surface area (Å²) in [4.78, 5) is 28.3. The van der Waals surface area contributed by atoms with Crippen LogP contribution in [0.4, 0.5) is 14.3 Å². The lowest BCUT2D eigenvalue weighted by atomic mass is 10.1. The molecule has 8 heteroatoms. The van der Waals surface area contributed by atoms with Crippen LogP contribution < -0.4 is 10.6 Å². The SMILES string of the molecule is CNC(=O)O[C@@H]1CC[C@H](C(=O)Nc2nc3ccc4cc(F)ccc4c3s2)C1. The first-order chi connectivity index (χ1) is 13.0. The number of ether oxygens (including phenoxy) is 1. The van der Waals surface area contributed by atoms with Crippen molar-refractivity contribution in [3.8, 4) is 0 Å². The predicted octanol–water partition coefficient (Wildman–Crippen LogP) is 4.05. The number of hydrogen-bond acceptors (Lipinski definition) is 5. The maximum Gasteiger partial charge on any atom is 0.407 e. The maximum absolute atomic E-state index is 13.4. The average Bonchev–Trinajstić information content (AvgIpc) is 3.27. The van der Waals surface area contributed by atoms with Crippen LogP contribution >= 0.6 is 11.3 Å². The monoisotopic (exact) mass is 387 g/mol. The molecule has 0 unspecified atom stereocenters. The number of carbonyl (C=O) groups excluding carboxylic acids is 2. The van der Waals surface area contributed by atoms with Crippen molar-refractivity contribution in [1.82, 2.24) is 10.3 Å². The van der Waals surface area contributed by atoms with Gasteiger partial charge in [0.2, 0.25) is 5.91 Å². The van der Waals surface area contributed by atoms with Crippen LogP contribution in [0.1, 0.15) is 19.3 Å². The van der Waals surface area contributed by atoms with Crippen LogP contribution in [0.3, 0.4) is 0 Å². The summed E-state index contributed by atoms with van der Waals surface area (Å²) in [6.45, 7) is 0. The second-order valence-electron chi connectivity index (χ2n) is 6.57. The lowest BCUT2D eigenvalue weighted by Crippen LogP contribution is -2.26. The van der Waals surface area contributed by atoms with Crippen molar-refractivity contribution in [2.24, 2.45) is 5.92 Å². The van der Waals surface area contributed by atoms with Crippen molar-refractivity contribution < 1.29 is 18.7 Å². The third-order valence-electron chi connectivity index (χ3n) is 4.80. The zero-order chi connectivity index (χ0) is 19.0. The lowest BCUT2D eigenvalue weighted by Gasteiger charge is -2.11. The number of halogens is 1. The van der Waals surface area contributed by atoms with E-state index in [0.717, 1.165) is 21.0 Å². The molecule has 2 aromatic carbocycles. The highest BCUT2D eigenvalue weighted by molar-refractivity contribution is 7.23. The van der Waals surface area contributed by atoms with Crippen molar-refractivity contribution in [1.29, 1.82) is 0 Å². The number of thiazole rings is 1. The zero-order valence-electron chi connectivity index (χ0n) is 14.6. The van der Waals surface area contributed by atoms with Gasteiger partial charge in [0.25, 0.3) is 0 Å². The minimum absolute atomic E-state index is 0.118. The molecule has 0 spiro atoms.